The van der Waals surface area contributed by atoms with Crippen molar-refractivity contribution in [1.29, 1.82) is 0 Å². The average molecular weight is 444 g/mol. The fourth-order valence-corrected chi connectivity index (χ4v) is 4.19. The number of nitrogens with one attached hydrogen (secondary N) is 1. The van der Waals surface area contributed by atoms with Gasteiger partial charge in [-0.15, -0.1) is 11.3 Å². The summed E-state index contributed by atoms with van der Waals surface area (Å²) in [4.78, 5) is 23.4. The van der Waals surface area contributed by atoms with Gasteiger partial charge in [0.05, 0.1) is 24.2 Å². The van der Waals surface area contributed by atoms with Crippen molar-refractivity contribution in [2.45, 2.75) is 25.8 Å². The molecular weight excluding hydrogens is 418 g/mol. The molecule has 32 heavy (non-hydrogen) atoms. The zero-order valence-corrected chi connectivity index (χ0v) is 18.7. The standard InChI is InChI=1S/C26H25N3O2S/c1-2-31-26(30)23(17-21-14-9-15-32-21)29-25-22(16-19-10-5-3-6-11-19)28-24(18-27-25)20-12-7-4-8-13-20/h3-15,18,23H,2,16-17H2,1H3,(H,27,29). The van der Waals surface area contributed by atoms with E-state index in [-0.39, 0.29) is 5.97 Å². The minimum atomic E-state index is -0.542. The Balaban J connectivity index is 1.67. The van der Waals surface area contributed by atoms with Crippen LogP contribution in [0.5, 0.6) is 0 Å². The Labute approximate surface area is 192 Å². The Bertz CT molecular complexity index is 1130. The lowest BCUT2D eigenvalue weighted by atomic mass is 10.1. The van der Waals surface area contributed by atoms with E-state index in [9.17, 15) is 4.79 Å². The molecule has 2 aromatic carbocycles. The predicted molar refractivity (Wildman–Crippen MR) is 129 cm³/mol. The summed E-state index contributed by atoms with van der Waals surface area (Å²) in [5.74, 6) is 0.309. The first-order valence-corrected chi connectivity index (χ1v) is 11.5. The number of thiophene rings is 1. The van der Waals surface area contributed by atoms with E-state index in [1.165, 1.54) is 0 Å². The Morgan fingerprint density at radius 3 is 2.47 bits per heavy atom. The maximum atomic E-state index is 12.7. The first-order valence-electron chi connectivity index (χ1n) is 10.6. The van der Waals surface area contributed by atoms with Gasteiger partial charge in [0.2, 0.25) is 0 Å². The molecule has 0 saturated carbocycles. The van der Waals surface area contributed by atoms with Crippen molar-refractivity contribution in [3.63, 3.8) is 0 Å². The van der Waals surface area contributed by atoms with E-state index in [0.29, 0.717) is 25.3 Å². The van der Waals surface area contributed by atoms with Crippen molar-refractivity contribution in [2.75, 3.05) is 11.9 Å². The Kier molecular flexibility index (Phi) is 7.25. The third kappa shape index (κ3) is 5.59. The van der Waals surface area contributed by atoms with Crippen LogP contribution in [0.2, 0.25) is 0 Å². The molecule has 2 heterocycles. The molecule has 0 radical (unpaired) electrons. The highest BCUT2D eigenvalue weighted by Gasteiger charge is 2.23. The first kappa shape index (κ1) is 21.7. The van der Waals surface area contributed by atoms with Gasteiger partial charge in [-0.25, -0.2) is 14.8 Å². The monoisotopic (exact) mass is 443 g/mol. The maximum absolute atomic E-state index is 12.7. The topological polar surface area (TPSA) is 64.1 Å². The molecule has 1 atom stereocenters. The number of ether oxygens (including phenoxy) is 1. The normalized spacial score (nSPS) is 11.7. The number of benzene rings is 2. The van der Waals surface area contributed by atoms with Gasteiger partial charge in [-0.2, -0.15) is 0 Å². The van der Waals surface area contributed by atoms with E-state index in [2.05, 4.69) is 22.4 Å². The highest BCUT2D eigenvalue weighted by Crippen LogP contribution is 2.23. The SMILES string of the molecule is CCOC(=O)C(Cc1cccs1)Nc1ncc(-c2ccccc2)nc1Cc1ccccc1. The van der Waals surface area contributed by atoms with E-state index in [4.69, 9.17) is 9.72 Å². The zero-order chi connectivity index (χ0) is 22.2. The molecule has 0 saturated heterocycles. The number of hydrogen-bond acceptors (Lipinski definition) is 6. The molecule has 2 aromatic heterocycles. The molecule has 1 unspecified atom stereocenters. The molecule has 4 aromatic rings. The molecule has 0 aliphatic heterocycles. The molecule has 6 heteroatoms. The molecule has 162 valence electrons. The van der Waals surface area contributed by atoms with Gasteiger partial charge in [-0.05, 0) is 23.9 Å². The third-order valence-electron chi connectivity index (χ3n) is 5.00. The second kappa shape index (κ2) is 10.7. The van der Waals surface area contributed by atoms with Gasteiger partial charge in [0.25, 0.3) is 0 Å². The highest BCUT2D eigenvalue weighted by molar-refractivity contribution is 7.09. The van der Waals surface area contributed by atoms with Gasteiger partial charge in [0, 0.05) is 23.3 Å². The fraction of sp³-hybridized carbons (Fsp3) is 0.192. The van der Waals surface area contributed by atoms with E-state index in [1.807, 2.05) is 73.0 Å². The maximum Gasteiger partial charge on any atom is 0.328 e. The van der Waals surface area contributed by atoms with E-state index >= 15 is 0 Å². The van der Waals surface area contributed by atoms with Crippen LogP contribution in [0, 0.1) is 0 Å². The summed E-state index contributed by atoms with van der Waals surface area (Å²) in [5.41, 5.74) is 3.72. The van der Waals surface area contributed by atoms with Crippen molar-refractivity contribution in [3.8, 4) is 11.3 Å². The minimum absolute atomic E-state index is 0.291. The molecule has 4 rings (SSSR count). The number of anilines is 1. The third-order valence-corrected chi connectivity index (χ3v) is 5.89. The Hall–Kier alpha value is -3.51. The molecule has 0 spiro atoms. The predicted octanol–water partition coefficient (Wildman–Crippen LogP) is 5.38. The van der Waals surface area contributed by atoms with Crippen LogP contribution in [-0.4, -0.2) is 28.6 Å². The number of aromatic nitrogens is 2. The molecule has 1 N–H and O–H groups in total. The Morgan fingerprint density at radius 1 is 1.03 bits per heavy atom. The number of carbonyl (C=O) groups is 1. The van der Waals surface area contributed by atoms with Crippen molar-refractivity contribution in [2.24, 2.45) is 0 Å². The quantitative estimate of drug-likeness (QED) is 0.352. The van der Waals surface area contributed by atoms with Crippen molar-refractivity contribution in [3.05, 3.63) is 101 Å². The lowest BCUT2D eigenvalue weighted by molar-refractivity contribution is -0.144. The van der Waals surface area contributed by atoms with E-state index in [0.717, 1.165) is 27.4 Å². The van der Waals surface area contributed by atoms with Crippen LogP contribution in [0.1, 0.15) is 23.1 Å². The zero-order valence-electron chi connectivity index (χ0n) is 17.9. The second-order valence-corrected chi connectivity index (χ2v) is 8.34. The summed E-state index contributed by atoms with van der Waals surface area (Å²) in [6.45, 7) is 2.15. The molecule has 0 aliphatic carbocycles. The van der Waals surface area contributed by atoms with Gasteiger partial charge in [-0.1, -0.05) is 66.7 Å². The number of carbonyl (C=O) groups excluding carboxylic acids is 1. The molecule has 0 amide bonds. The van der Waals surface area contributed by atoms with Crippen LogP contribution in [0.4, 0.5) is 5.82 Å². The first-order chi connectivity index (χ1) is 15.7. The van der Waals surface area contributed by atoms with Crippen LogP contribution in [-0.2, 0) is 22.4 Å². The van der Waals surface area contributed by atoms with Gasteiger partial charge in [0.15, 0.2) is 0 Å². The second-order valence-electron chi connectivity index (χ2n) is 7.31. The number of rotatable bonds is 9. The number of esters is 1. The van der Waals surface area contributed by atoms with Crippen molar-refractivity contribution >= 4 is 23.1 Å². The number of hydrogen-bond donors (Lipinski definition) is 1. The summed E-state index contributed by atoms with van der Waals surface area (Å²) in [7, 11) is 0. The molecular formula is C26H25N3O2S. The lowest BCUT2D eigenvalue weighted by Gasteiger charge is -2.19. The van der Waals surface area contributed by atoms with Crippen LogP contribution in [0.15, 0.2) is 84.4 Å². The van der Waals surface area contributed by atoms with Crippen LogP contribution < -0.4 is 5.32 Å². The van der Waals surface area contributed by atoms with E-state index in [1.54, 1.807) is 17.5 Å². The van der Waals surface area contributed by atoms with Crippen molar-refractivity contribution < 1.29 is 9.53 Å². The molecule has 5 nitrogen and oxygen atoms in total. The largest absolute Gasteiger partial charge is 0.464 e. The molecule has 0 aliphatic rings. The Morgan fingerprint density at radius 2 is 1.78 bits per heavy atom. The van der Waals surface area contributed by atoms with Gasteiger partial charge >= 0.3 is 5.97 Å². The minimum Gasteiger partial charge on any atom is -0.464 e. The summed E-state index contributed by atoms with van der Waals surface area (Å²) in [5, 5.41) is 5.33. The summed E-state index contributed by atoms with van der Waals surface area (Å²) in [6, 6.07) is 23.6. The van der Waals surface area contributed by atoms with Gasteiger partial charge in [0.1, 0.15) is 11.9 Å². The molecule has 0 fully saturated rings. The summed E-state index contributed by atoms with van der Waals surface area (Å²) in [6.07, 6.45) is 2.88. The van der Waals surface area contributed by atoms with Gasteiger partial charge < -0.3 is 10.1 Å². The average Bonchev–Trinajstić information content (AvgIpc) is 3.34. The number of nitrogens with zero attached hydrogens (tertiary/aromatic N) is 2. The van der Waals surface area contributed by atoms with Crippen LogP contribution in [0.3, 0.4) is 0 Å². The van der Waals surface area contributed by atoms with Crippen LogP contribution >= 0.6 is 11.3 Å². The van der Waals surface area contributed by atoms with Gasteiger partial charge in [-0.3, -0.25) is 0 Å². The smallest absolute Gasteiger partial charge is 0.328 e. The highest BCUT2D eigenvalue weighted by atomic mass is 32.1. The van der Waals surface area contributed by atoms with E-state index < -0.39 is 6.04 Å². The fourth-order valence-electron chi connectivity index (χ4n) is 3.44. The van der Waals surface area contributed by atoms with Crippen molar-refractivity contribution in [1.82, 2.24) is 9.97 Å². The molecule has 0 bridgehead atoms. The summed E-state index contributed by atoms with van der Waals surface area (Å²) >= 11 is 1.62. The van der Waals surface area contributed by atoms with Crippen LogP contribution in [0.25, 0.3) is 11.3 Å². The summed E-state index contributed by atoms with van der Waals surface area (Å²) < 4.78 is 5.33. The lowest BCUT2D eigenvalue weighted by Crippen LogP contribution is -2.34.